The Labute approximate surface area is 216 Å². The van der Waals surface area contributed by atoms with Crippen LogP contribution in [0.5, 0.6) is 0 Å². The van der Waals surface area contributed by atoms with E-state index in [4.69, 9.17) is 21.2 Å². The van der Waals surface area contributed by atoms with Gasteiger partial charge in [0.1, 0.15) is 17.9 Å². The highest BCUT2D eigenvalue weighted by Crippen LogP contribution is 2.53. The molecule has 2 fully saturated rings. The van der Waals surface area contributed by atoms with Gasteiger partial charge in [0.2, 0.25) is 5.79 Å². The summed E-state index contributed by atoms with van der Waals surface area (Å²) < 4.78 is 5.94. The molecule has 0 spiro atoms. The Bertz CT molecular complexity index is 1100. The lowest BCUT2D eigenvalue weighted by molar-refractivity contribution is -0.257. The summed E-state index contributed by atoms with van der Waals surface area (Å²) in [5.74, 6) is -2.67. The molecule has 0 bridgehead atoms. The van der Waals surface area contributed by atoms with E-state index in [0.29, 0.717) is 16.3 Å². The number of ether oxygens (including phenoxy) is 1. The van der Waals surface area contributed by atoms with E-state index >= 15 is 0 Å². The van der Waals surface area contributed by atoms with Crippen LogP contribution >= 0.6 is 11.6 Å². The third kappa shape index (κ3) is 3.98. The van der Waals surface area contributed by atoms with Crippen LogP contribution in [0.15, 0.2) is 29.8 Å². The minimum Gasteiger partial charge on any atom is -0.431 e. The molecule has 2 heterocycles. The second-order valence-electron chi connectivity index (χ2n) is 11.2. The van der Waals surface area contributed by atoms with E-state index in [-0.39, 0.29) is 42.4 Å². The lowest BCUT2D eigenvalue weighted by Crippen LogP contribution is -2.56. The van der Waals surface area contributed by atoms with Gasteiger partial charge < -0.3 is 19.7 Å². The van der Waals surface area contributed by atoms with Gasteiger partial charge in [-0.1, -0.05) is 49.2 Å². The minimum absolute atomic E-state index is 0.0109. The fraction of sp³-hybridized carbons (Fsp3) is 0.630. The summed E-state index contributed by atoms with van der Waals surface area (Å²) in [5, 5.41) is 28.4. The number of esters is 1. The van der Waals surface area contributed by atoms with Gasteiger partial charge in [0.15, 0.2) is 6.23 Å². The molecule has 0 amide bonds. The van der Waals surface area contributed by atoms with Crippen LogP contribution < -0.4 is 10.4 Å². The topological polar surface area (TPSA) is 108 Å². The maximum absolute atomic E-state index is 13.5. The summed E-state index contributed by atoms with van der Waals surface area (Å²) in [6.45, 7) is 5.91. The predicted octanol–water partition coefficient (Wildman–Crippen LogP) is 3.29. The van der Waals surface area contributed by atoms with Gasteiger partial charge in [0, 0.05) is 37.3 Å². The molecular weight excluding hydrogens is 484 g/mol. The van der Waals surface area contributed by atoms with Gasteiger partial charge in [-0.3, -0.25) is 20.0 Å². The molecule has 1 aromatic carbocycles. The van der Waals surface area contributed by atoms with Crippen molar-refractivity contribution in [1.82, 2.24) is 5.32 Å². The number of hydrogen-bond donors (Lipinski definition) is 3. The van der Waals surface area contributed by atoms with Gasteiger partial charge in [-0.15, -0.1) is 0 Å². The number of benzene rings is 1. The number of hydroxylamine groups is 1. The Morgan fingerprint density at radius 2 is 2.11 bits per heavy atom. The number of anilines is 1. The lowest BCUT2D eigenvalue weighted by Gasteiger charge is -2.51. The molecule has 9 atom stereocenters. The van der Waals surface area contributed by atoms with Gasteiger partial charge in [-0.25, -0.2) is 0 Å². The minimum atomic E-state index is -1.70. The molecule has 196 valence electrons. The summed E-state index contributed by atoms with van der Waals surface area (Å²) in [5.41, 5.74) is 0.559. The number of nitrogens with zero attached hydrogens (tertiary/aromatic N) is 1. The third-order valence-electron chi connectivity index (χ3n) is 8.79. The molecule has 1 saturated heterocycles. The number of carbonyl (C=O) groups is 2. The van der Waals surface area contributed by atoms with E-state index in [0.717, 1.165) is 24.7 Å². The first-order valence-corrected chi connectivity index (χ1v) is 13.1. The summed E-state index contributed by atoms with van der Waals surface area (Å²) in [7, 11) is 1.69. The Kier molecular flexibility index (Phi) is 6.49. The van der Waals surface area contributed by atoms with Crippen LogP contribution in [0.25, 0.3) is 0 Å². The normalized spacial score (nSPS) is 40.4. The maximum atomic E-state index is 13.5. The number of hydrogen-bond acceptors (Lipinski definition) is 8. The molecule has 8 nitrogen and oxygen atoms in total. The van der Waals surface area contributed by atoms with Crippen molar-refractivity contribution in [2.45, 2.75) is 70.1 Å². The molecule has 2 aliphatic heterocycles. The van der Waals surface area contributed by atoms with Gasteiger partial charge in [-0.2, -0.15) is 0 Å². The number of rotatable bonds is 4. The summed E-state index contributed by atoms with van der Waals surface area (Å²) in [6.07, 6.45) is 4.21. The zero-order valence-electron chi connectivity index (χ0n) is 21.1. The standard InChI is InChI=1S/C27H35ClN2O6/c1-14-10-18-17(16(3)13-31)9-8-15(2)22(18)27(34,11-14)35-24(32)21-12-26(33)19-6-5-7-20(28)23(19)30(4)36-25(26)29-21/h5-7,10,13,15-18,21-22,25,29,33-34H,8-9,11-12H2,1-4H3/t15?,16?,17?,18?,21-,22?,25+,26+,27?/m0/s1. The highest BCUT2D eigenvalue weighted by molar-refractivity contribution is 6.33. The van der Waals surface area contributed by atoms with E-state index in [1.807, 2.05) is 13.8 Å². The summed E-state index contributed by atoms with van der Waals surface area (Å²) in [6, 6.07) is 4.35. The van der Waals surface area contributed by atoms with Gasteiger partial charge in [0.05, 0.1) is 10.7 Å². The van der Waals surface area contributed by atoms with Crippen LogP contribution in [-0.2, 0) is 24.8 Å². The fourth-order valence-corrected chi connectivity index (χ4v) is 7.42. The summed E-state index contributed by atoms with van der Waals surface area (Å²) in [4.78, 5) is 31.0. The van der Waals surface area contributed by atoms with Crippen molar-refractivity contribution in [3.8, 4) is 0 Å². The first-order valence-electron chi connectivity index (χ1n) is 12.7. The van der Waals surface area contributed by atoms with E-state index in [2.05, 4.69) is 18.3 Å². The number of carbonyl (C=O) groups excluding carboxylic acids is 2. The highest BCUT2D eigenvalue weighted by Gasteiger charge is 2.58. The monoisotopic (exact) mass is 518 g/mol. The Morgan fingerprint density at radius 3 is 2.83 bits per heavy atom. The van der Waals surface area contributed by atoms with Crippen molar-refractivity contribution in [1.29, 1.82) is 0 Å². The van der Waals surface area contributed by atoms with Crippen LogP contribution in [0.1, 0.15) is 52.0 Å². The summed E-state index contributed by atoms with van der Waals surface area (Å²) >= 11 is 6.37. The molecular formula is C27H35ClN2O6. The average Bonchev–Trinajstić information content (AvgIpc) is 3.16. The Hall–Kier alpha value is -1.97. The zero-order valence-corrected chi connectivity index (χ0v) is 21.9. The van der Waals surface area contributed by atoms with E-state index in [9.17, 15) is 19.8 Å². The van der Waals surface area contributed by atoms with Crippen molar-refractivity contribution in [3.05, 3.63) is 40.4 Å². The quantitative estimate of drug-likeness (QED) is 0.241. The first kappa shape index (κ1) is 25.7. The number of aldehydes is 1. The van der Waals surface area contributed by atoms with Crippen LogP contribution in [0.4, 0.5) is 5.69 Å². The van der Waals surface area contributed by atoms with Crippen LogP contribution in [0, 0.1) is 29.6 Å². The first-order chi connectivity index (χ1) is 17.0. The molecule has 6 unspecified atom stereocenters. The zero-order chi connectivity index (χ0) is 26.0. The highest BCUT2D eigenvalue weighted by atomic mass is 35.5. The maximum Gasteiger partial charge on any atom is 0.325 e. The van der Waals surface area contributed by atoms with Crippen LogP contribution in [0.3, 0.4) is 0 Å². The number of allylic oxidation sites excluding steroid dienone is 1. The number of nitrogens with one attached hydrogen (secondary N) is 1. The molecule has 0 aromatic heterocycles. The second-order valence-corrected chi connectivity index (χ2v) is 11.6. The third-order valence-corrected chi connectivity index (χ3v) is 9.10. The van der Waals surface area contributed by atoms with Crippen LogP contribution in [-0.4, -0.2) is 47.6 Å². The van der Waals surface area contributed by atoms with E-state index in [1.54, 1.807) is 25.2 Å². The number of fused-ring (bicyclic) bond motifs is 4. The average molecular weight is 519 g/mol. The predicted molar refractivity (Wildman–Crippen MR) is 134 cm³/mol. The van der Waals surface area contributed by atoms with Crippen molar-refractivity contribution in [2.24, 2.45) is 29.6 Å². The number of para-hydroxylation sites is 1. The molecule has 1 saturated carbocycles. The SMILES string of the molecule is CC1=CC2C(C(C)C=O)CCC(C)C2C(O)(OC(=O)[C@@H]2C[C@@]3(O)c4cccc(Cl)c4N(C)O[C@H]3N2)C1. The molecule has 0 radical (unpaired) electrons. The fourth-order valence-electron chi connectivity index (χ4n) is 7.13. The van der Waals surface area contributed by atoms with Gasteiger partial charge in [0.25, 0.3) is 0 Å². The van der Waals surface area contributed by atoms with Crippen molar-refractivity contribution in [2.75, 3.05) is 12.1 Å². The molecule has 3 N–H and O–H groups in total. The van der Waals surface area contributed by atoms with E-state index < -0.39 is 29.6 Å². The van der Waals surface area contributed by atoms with Crippen molar-refractivity contribution in [3.63, 3.8) is 0 Å². The smallest absolute Gasteiger partial charge is 0.325 e. The molecule has 4 aliphatic rings. The van der Waals surface area contributed by atoms with Gasteiger partial charge >= 0.3 is 5.97 Å². The van der Waals surface area contributed by atoms with Crippen molar-refractivity contribution < 1.29 is 29.4 Å². The van der Waals surface area contributed by atoms with Gasteiger partial charge in [-0.05, 0) is 43.6 Å². The molecule has 9 heteroatoms. The molecule has 36 heavy (non-hydrogen) atoms. The molecule has 5 rings (SSSR count). The number of aliphatic hydroxyl groups is 2. The molecule has 1 aromatic rings. The second kappa shape index (κ2) is 9.10. The molecule has 2 aliphatic carbocycles. The van der Waals surface area contributed by atoms with Crippen molar-refractivity contribution >= 4 is 29.5 Å². The van der Waals surface area contributed by atoms with E-state index in [1.165, 1.54) is 5.06 Å². The largest absolute Gasteiger partial charge is 0.431 e. The Morgan fingerprint density at radius 1 is 1.36 bits per heavy atom. The lowest BCUT2D eigenvalue weighted by atomic mass is 9.58. The van der Waals surface area contributed by atoms with Crippen LogP contribution in [0.2, 0.25) is 5.02 Å². The number of halogens is 1. The Balaban J connectivity index is 1.40.